The molecule has 0 aliphatic carbocycles. The Hall–Kier alpha value is 0.300. The molecule has 18 heavy (non-hydrogen) atoms. The first-order valence-corrected chi connectivity index (χ1v) is 8.48. The fourth-order valence-corrected chi connectivity index (χ4v) is 4.59. The molecule has 0 saturated heterocycles. The number of hydrogen-bond donors (Lipinski definition) is 0. The van der Waals surface area contributed by atoms with Gasteiger partial charge in [-0.15, -0.1) is 0 Å². The van der Waals surface area contributed by atoms with E-state index in [0.29, 0.717) is 20.1 Å². The minimum absolute atomic E-state index is 0.541. The Morgan fingerprint density at radius 3 is 1.39 bits per heavy atom. The van der Waals surface area contributed by atoms with Crippen LogP contribution in [0.4, 0.5) is 0 Å². The normalized spacial score (nSPS) is 10.7. The molecule has 0 heterocycles. The van der Waals surface area contributed by atoms with Crippen LogP contribution in [-0.4, -0.2) is 0 Å². The summed E-state index contributed by atoms with van der Waals surface area (Å²) >= 11 is 24.1. The molecule has 0 nitrogen and oxygen atoms in total. The maximum absolute atomic E-state index is 6.11. The molecule has 0 radical (unpaired) electrons. The first kappa shape index (κ1) is 14.7. The van der Waals surface area contributed by atoms with Gasteiger partial charge in [-0.2, -0.15) is 0 Å². The maximum Gasteiger partial charge on any atom is 0.0736 e. The van der Waals surface area contributed by atoms with Gasteiger partial charge in [-0.1, -0.05) is 80.1 Å². The van der Waals surface area contributed by atoms with Crippen LogP contribution in [0.1, 0.15) is 0 Å². The van der Waals surface area contributed by atoms with Crippen LogP contribution in [0.15, 0.2) is 46.2 Å². The van der Waals surface area contributed by atoms with Crippen molar-refractivity contribution in [1.29, 1.82) is 0 Å². The molecular formula is C12H6Cl4S2. The fraction of sp³-hybridized carbons (Fsp3) is 0. The van der Waals surface area contributed by atoms with Gasteiger partial charge in [-0.05, 0) is 24.3 Å². The standard InChI is InChI=1S/C12H6Cl4S2/c13-7-3-1-5-9(11(7)15)17-18-10-6-2-4-8(14)12(10)16/h1-6H. The quantitative estimate of drug-likeness (QED) is 0.538. The average Bonchev–Trinajstić information content (AvgIpc) is 2.36. The number of rotatable bonds is 3. The van der Waals surface area contributed by atoms with E-state index >= 15 is 0 Å². The van der Waals surface area contributed by atoms with Gasteiger partial charge >= 0.3 is 0 Å². The molecule has 0 N–H and O–H groups in total. The van der Waals surface area contributed by atoms with Gasteiger partial charge in [0.15, 0.2) is 0 Å². The Balaban J connectivity index is 2.17. The van der Waals surface area contributed by atoms with E-state index in [2.05, 4.69) is 0 Å². The van der Waals surface area contributed by atoms with E-state index in [1.165, 1.54) is 21.6 Å². The Kier molecular flexibility index (Phi) is 5.43. The molecule has 6 heteroatoms. The lowest BCUT2D eigenvalue weighted by Crippen LogP contribution is -1.76. The van der Waals surface area contributed by atoms with Crippen LogP contribution in [0.2, 0.25) is 20.1 Å². The molecule has 0 bridgehead atoms. The zero-order valence-electron chi connectivity index (χ0n) is 8.79. The second-order valence-electron chi connectivity index (χ2n) is 3.27. The molecule has 0 unspecified atom stereocenters. The molecule has 0 amide bonds. The lowest BCUT2D eigenvalue weighted by molar-refractivity contribution is 1.46. The van der Waals surface area contributed by atoms with E-state index < -0.39 is 0 Å². The van der Waals surface area contributed by atoms with Crippen molar-refractivity contribution in [3.8, 4) is 0 Å². The third-order valence-corrected chi connectivity index (χ3v) is 6.37. The van der Waals surface area contributed by atoms with E-state index in [0.717, 1.165) is 9.79 Å². The van der Waals surface area contributed by atoms with Crippen LogP contribution < -0.4 is 0 Å². The summed E-state index contributed by atoms with van der Waals surface area (Å²) in [5, 5.41) is 2.18. The highest BCUT2D eigenvalue weighted by Gasteiger charge is 2.09. The highest BCUT2D eigenvalue weighted by molar-refractivity contribution is 8.76. The van der Waals surface area contributed by atoms with Crippen molar-refractivity contribution in [2.45, 2.75) is 9.79 Å². The van der Waals surface area contributed by atoms with Gasteiger partial charge in [-0.25, -0.2) is 0 Å². The van der Waals surface area contributed by atoms with E-state index in [4.69, 9.17) is 46.4 Å². The molecule has 0 spiro atoms. The molecule has 0 atom stereocenters. The van der Waals surface area contributed by atoms with E-state index in [-0.39, 0.29) is 0 Å². The van der Waals surface area contributed by atoms with Crippen molar-refractivity contribution in [2.75, 3.05) is 0 Å². The maximum atomic E-state index is 6.11. The minimum atomic E-state index is 0.541. The smallest absolute Gasteiger partial charge is 0.0736 e. The average molecular weight is 356 g/mol. The summed E-state index contributed by atoms with van der Waals surface area (Å²) in [5.74, 6) is 0. The predicted octanol–water partition coefficient (Wildman–Crippen LogP) is 7.10. The zero-order chi connectivity index (χ0) is 13.1. The molecule has 2 aromatic rings. The van der Waals surface area contributed by atoms with Gasteiger partial charge in [-0.3, -0.25) is 0 Å². The van der Waals surface area contributed by atoms with Crippen LogP contribution in [-0.2, 0) is 0 Å². The van der Waals surface area contributed by atoms with Gasteiger partial charge in [0, 0.05) is 9.79 Å². The van der Waals surface area contributed by atoms with Crippen molar-refractivity contribution in [2.24, 2.45) is 0 Å². The number of halogens is 4. The van der Waals surface area contributed by atoms with Crippen molar-refractivity contribution in [3.05, 3.63) is 56.5 Å². The zero-order valence-corrected chi connectivity index (χ0v) is 13.4. The number of hydrogen-bond acceptors (Lipinski definition) is 2. The molecule has 0 aromatic heterocycles. The van der Waals surface area contributed by atoms with Crippen molar-refractivity contribution >= 4 is 68.0 Å². The largest absolute Gasteiger partial charge is 0.0827 e. The Morgan fingerprint density at radius 2 is 1.00 bits per heavy atom. The van der Waals surface area contributed by atoms with Crippen LogP contribution >= 0.6 is 68.0 Å². The van der Waals surface area contributed by atoms with Crippen LogP contribution in [0.5, 0.6) is 0 Å². The predicted molar refractivity (Wildman–Crippen MR) is 84.6 cm³/mol. The van der Waals surface area contributed by atoms with Crippen molar-refractivity contribution < 1.29 is 0 Å². The molecule has 2 aromatic carbocycles. The second-order valence-corrected chi connectivity index (χ2v) is 7.05. The summed E-state index contributed by atoms with van der Waals surface area (Å²) in [5.41, 5.74) is 0. The molecule has 0 saturated carbocycles. The van der Waals surface area contributed by atoms with Crippen molar-refractivity contribution in [1.82, 2.24) is 0 Å². The summed E-state index contributed by atoms with van der Waals surface area (Å²) < 4.78 is 0. The third-order valence-electron chi connectivity index (χ3n) is 2.05. The summed E-state index contributed by atoms with van der Waals surface area (Å²) in [6.07, 6.45) is 0. The van der Waals surface area contributed by atoms with Gasteiger partial charge in [0.25, 0.3) is 0 Å². The summed E-state index contributed by atoms with van der Waals surface area (Å²) in [7, 11) is 2.99. The topological polar surface area (TPSA) is 0 Å². The van der Waals surface area contributed by atoms with E-state index in [1.807, 2.05) is 24.3 Å². The fourth-order valence-electron chi connectivity index (χ4n) is 1.19. The highest BCUT2D eigenvalue weighted by atomic mass is 35.5. The van der Waals surface area contributed by atoms with Crippen LogP contribution in [0.3, 0.4) is 0 Å². The van der Waals surface area contributed by atoms with Crippen molar-refractivity contribution in [3.63, 3.8) is 0 Å². The first-order valence-electron chi connectivity index (χ1n) is 4.82. The summed E-state index contributed by atoms with van der Waals surface area (Å²) in [6.45, 7) is 0. The Labute approximate surface area is 133 Å². The van der Waals surface area contributed by atoms with E-state index in [1.54, 1.807) is 12.1 Å². The lowest BCUT2D eigenvalue weighted by atomic mass is 10.4. The highest BCUT2D eigenvalue weighted by Crippen LogP contribution is 2.45. The molecular weight excluding hydrogens is 350 g/mol. The van der Waals surface area contributed by atoms with E-state index in [9.17, 15) is 0 Å². The van der Waals surface area contributed by atoms with Gasteiger partial charge in [0.2, 0.25) is 0 Å². The van der Waals surface area contributed by atoms with Gasteiger partial charge < -0.3 is 0 Å². The molecule has 0 aliphatic rings. The lowest BCUT2D eigenvalue weighted by Gasteiger charge is -2.06. The molecule has 0 fully saturated rings. The Bertz CT molecular complexity index is 520. The third kappa shape index (κ3) is 3.44. The Morgan fingerprint density at radius 1 is 0.611 bits per heavy atom. The second kappa shape index (κ2) is 6.65. The van der Waals surface area contributed by atoms with Gasteiger partial charge in [0.05, 0.1) is 20.1 Å². The van der Waals surface area contributed by atoms with Crippen LogP contribution in [0.25, 0.3) is 0 Å². The molecule has 0 aliphatic heterocycles. The molecule has 94 valence electrons. The SMILES string of the molecule is Clc1cccc(SSc2cccc(Cl)c2Cl)c1Cl. The summed E-state index contributed by atoms with van der Waals surface area (Å²) in [4.78, 5) is 1.79. The monoisotopic (exact) mass is 354 g/mol. The minimum Gasteiger partial charge on any atom is -0.0827 e. The molecule has 2 rings (SSSR count). The van der Waals surface area contributed by atoms with Gasteiger partial charge in [0.1, 0.15) is 0 Å². The summed E-state index contributed by atoms with van der Waals surface area (Å²) in [6, 6.07) is 11.0. The first-order chi connectivity index (χ1) is 8.59. The number of benzene rings is 2. The van der Waals surface area contributed by atoms with Crippen LogP contribution in [0, 0.1) is 0 Å².